The Labute approximate surface area is 199 Å². The van der Waals surface area contributed by atoms with Crippen molar-refractivity contribution >= 4 is 58.2 Å². The first kappa shape index (κ1) is 23.6. The molecule has 0 fully saturated rings. The Morgan fingerprint density at radius 1 is 1.19 bits per heavy atom. The second-order valence-electron chi connectivity index (χ2n) is 6.55. The fourth-order valence-electron chi connectivity index (χ4n) is 2.73. The number of carbonyl (C=O) groups is 2. The van der Waals surface area contributed by atoms with Gasteiger partial charge in [-0.1, -0.05) is 53.5 Å². The molecule has 0 bridgehead atoms. The van der Waals surface area contributed by atoms with E-state index in [0.29, 0.717) is 22.9 Å². The van der Waals surface area contributed by atoms with Gasteiger partial charge in [-0.3, -0.25) is 4.79 Å². The summed E-state index contributed by atoms with van der Waals surface area (Å²) in [6.45, 7) is 0.0372. The Balaban J connectivity index is 1.63. The molecule has 162 valence electrons. The minimum atomic E-state index is -0.793. The third-order valence-electron chi connectivity index (χ3n) is 4.31. The number of esters is 1. The van der Waals surface area contributed by atoms with Gasteiger partial charge in [0.2, 0.25) is 0 Å². The molecule has 0 aliphatic rings. The van der Waals surface area contributed by atoms with Crippen molar-refractivity contribution < 1.29 is 14.3 Å². The number of hydrogen-bond donors (Lipinski definition) is 1. The molecule has 2 aromatic carbocycles. The zero-order valence-corrected chi connectivity index (χ0v) is 19.8. The lowest BCUT2D eigenvalue weighted by atomic mass is 10.1. The Bertz CT molecular complexity index is 1040. The lowest BCUT2D eigenvalue weighted by Gasteiger charge is -2.17. The van der Waals surface area contributed by atoms with E-state index < -0.39 is 17.9 Å². The van der Waals surface area contributed by atoms with E-state index in [0.717, 1.165) is 10.6 Å². The second-order valence-corrected chi connectivity index (χ2v) is 9.24. The lowest BCUT2D eigenvalue weighted by Crippen LogP contribution is -2.42. The molecule has 31 heavy (non-hydrogen) atoms. The maximum absolute atomic E-state index is 12.7. The van der Waals surface area contributed by atoms with E-state index in [9.17, 15) is 9.59 Å². The number of thiazole rings is 1. The van der Waals surface area contributed by atoms with Crippen molar-refractivity contribution in [3.05, 3.63) is 75.2 Å². The average Bonchev–Trinajstić information content (AvgIpc) is 3.24. The standard InChI is InChI=1S/C22H20Cl2N2O3S2/c1-30-10-9-19(26-20(27)17-8-7-15(23)11-18(17)24)22(28)29-12-16-13-31-21(25-16)14-5-3-2-4-6-14/h2-8,11,13,19H,9-10,12H2,1H3,(H,26,27)/t19-/m0/s1. The largest absolute Gasteiger partial charge is 0.458 e. The van der Waals surface area contributed by atoms with Crippen LogP contribution in [0, 0.1) is 0 Å². The van der Waals surface area contributed by atoms with Gasteiger partial charge in [0.05, 0.1) is 16.3 Å². The van der Waals surface area contributed by atoms with Gasteiger partial charge in [0.1, 0.15) is 17.7 Å². The Morgan fingerprint density at radius 3 is 2.68 bits per heavy atom. The van der Waals surface area contributed by atoms with E-state index in [1.165, 1.54) is 23.5 Å². The minimum absolute atomic E-state index is 0.0372. The molecule has 0 saturated carbocycles. The second kappa shape index (κ2) is 11.5. The molecule has 1 atom stereocenters. The topological polar surface area (TPSA) is 68.3 Å². The molecular weight excluding hydrogens is 475 g/mol. The zero-order chi connectivity index (χ0) is 22.2. The third-order valence-corrected chi connectivity index (χ3v) is 6.44. The third kappa shape index (κ3) is 6.71. The predicted octanol–water partition coefficient (Wildman–Crippen LogP) is 5.71. The number of thioether (sulfide) groups is 1. The number of rotatable bonds is 9. The van der Waals surface area contributed by atoms with Crippen LogP contribution in [0.15, 0.2) is 53.9 Å². The van der Waals surface area contributed by atoms with Crippen molar-refractivity contribution in [2.24, 2.45) is 0 Å². The Morgan fingerprint density at radius 2 is 1.97 bits per heavy atom. The summed E-state index contributed by atoms with van der Waals surface area (Å²) < 4.78 is 5.45. The predicted molar refractivity (Wildman–Crippen MR) is 128 cm³/mol. The van der Waals surface area contributed by atoms with Crippen LogP contribution in [0.4, 0.5) is 0 Å². The molecule has 3 aromatic rings. The Hall–Kier alpha value is -2.06. The summed E-state index contributed by atoms with van der Waals surface area (Å²) in [5.74, 6) is -0.282. The van der Waals surface area contributed by atoms with E-state index in [1.807, 2.05) is 42.0 Å². The van der Waals surface area contributed by atoms with Gasteiger partial charge in [0, 0.05) is 16.0 Å². The van der Waals surface area contributed by atoms with E-state index in [1.54, 1.807) is 17.8 Å². The van der Waals surface area contributed by atoms with Gasteiger partial charge < -0.3 is 10.1 Å². The van der Waals surface area contributed by atoms with E-state index in [4.69, 9.17) is 27.9 Å². The van der Waals surface area contributed by atoms with Crippen molar-refractivity contribution in [1.29, 1.82) is 0 Å². The van der Waals surface area contributed by atoms with Crippen LogP contribution in [-0.2, 0) is 16.1 Å². The number of benzene rings is 2. The van der Waals surface area contributed by atoms with Crippen LogP contribution < -0.4 is 5.32 Å². The highest BCUT2D eigenvalue weighted by Gasteiger charge is 2.24. The van der Waals surface area contributed by atoms with Gasteiger partial charge in [-0.25, -0.2) is 9.78 Å². The smallest absolute Gasteiger partial charge is 0.329 e. The molecule has 5 nitrogen and oxygen atoms in total. The van der Waals surface area contributed by atoms with Crippen molar-refractivity contribution in [1.82, 2.24) is 10.3 Å². The van der Waals surface area contributed by atoms with Gasteiger partial charge in [0.25, 0.3) is 5.91 Å². The van der Waals surface area contributed by atoms with Gasteiger partial charge in [-0.05, 0) is 36.6 Å². The van der Waals surface area contributed by atoms with Crippen LogP contribution in [0.3, 0.4) is 0 Å². The highest BCUT2D eigenvalue weighted by Crippen LogP contribution is 2.24. The minimum Gasteiger partial charge on any atom is -0.458 e. The molecule has 0 radical (unpaired) electrons. The summed E-state index contributed by atoms with van der Waals surface area (Å²) in [6, 6.07) is 13.6. The molecule has 1 aromatic heterocycles. The Kier molecular flexibility index (Phi) is 8.78. The molecule has 0 saturated heterocycles. The summed E-state index contributed by atoms with van der Waals surface area (Å²) in [4.78, 5) is 29.8. The van der Waals surface area contributed by atoms with Crippen LogP contribution >= 0.6 is 46.3 Å². The highest BCUT2D eigenvalue weighted by atomic mass is 35.5. The lowest BCUT2D eigenvalue weighted by molar-refractivity contribution is -0.147. The number of hydrogen-bond acceptors (Lipinski definition) is 6. The molecule has 0 unspecified atom stereocenters. The molecule has 0 aliphatic carbocycles. The van der Waals surface area contributed by atoms with E-state index >= 15 is 0 Å². The number of halogens is 2. The first-order valence-electron chi connectivity index (χ1n) is 9.39. The molecule has 9 heteroatoms. The van der Waals surface area contributed by atoms with Crippen molar-refractivity contribution in [2.45, 2.75) is 19.1 Å². The number of amides is 1. The first-order valence-corrected chi connectivity index (χ1v) is 12.4. The maximum Gasteiger partial charge on any atom is 0.329 e. The fraction of sp³-hybridized carbons (Fsp3) is 0.227. The first-order chi connectivity index (χ1) is 15.0. The number of nitrogens with zero attached hydrogens (tertiary/aromatic N) is 1. The summed E-state index contributed by atoms with van der Waals surface area (Å²) in [6.07, 6.45) is 2.37. The molecule has 1 N–H and O–H groups in total. The van der Waals surface area contributed by atoms with Crippen LogP contribution in [0.25, 0.3) is 10.6 Å². The van der Waals surface area contributed by atoms with Gasteiger partial charge in [-0.15, -0.1) is 11.3 Å². The van der Waals surface area contributed by atoms with Gasteiger partial charge >= 0.3 is 5.97 Å². The maximum atomic E-state index is 12.7. The summed E-state index contributed by atoms with van der Waals surface area (Å²) in [5.41, 5.74) is 1.92. The fourth-order valence-corrected chi connectivity index (χ4v) is 4.50. The molecule has 1 heterocycles. The number of nitrogens with one attached hydrogen (secondary N) is 1. The quantitative estimate of drug-likeness (QED) is 0.385. The number of aromatic nitrogens is 1. The molecule has 0 spiro atoms. The van der Waals surface area contributed by atoms with Crippen LogP contribution in [0.5, 0.6) is 0 Å². The van der Waals surface area contributed by atoms with Gasteiger partial charge in [0.15, 0.2) is 0 Å². The molecule has 0 aliphatic heterocycles. The summed E-state index contributed by atoms with van der Waals surface area (Å²) in [7, 11) is 0. The normalized spacial score (nSPS) is 11.7. The monoisotopic (exact) mass is 494 g/mol. The summed E-state index contributed by atoms with van der Waals surface area (Å²) in [5, 5.41) is 6.09. The van der Waals surface area contributed by atoms with Crippen LogP contribution in [0.2, 0.25) is 10.0 Å². The van der Waals surface area contributed by atoms with E-state index in [-0.39, 0.29) is 17.2 Å². The highest BCUT2D eigenvalue weighted by molar-refractivity contribution is 7.98. The van der Waals surface area contributed by atoms with Gasteiger partial charge in [-0.2, -0.15) is 11.8 Å². The average molecular weight is 495 g/mol. The van der Waals surface area contributed by atoms with Crippen LogP contribution in [-0.4, -0.2) is 34.9 Å². The zero-order valence-electron chi connectivity index (χ0n) is 16.6. The SMILES string of the molecule is CSCC[C@H](NC(=O)c1ccc(Cl)cc1Cl)C(=O)OCc1csc(-c2ccccc2)n1. The molecule has 3 rings (SSSR count). The van der Waals surface area contributed by atoms with Crippen molar-refractivity contribution in [3.8, 4) is 10.6 Å². The van der Waals surface area contributed by atoms with Crippen LogP contribution in [0.1, 0.15) is 22.5 Å². The number of ether oxygens (including phenoxy) is 1. The summed E-state index contributed by atoms with van der Waals surface area (Å²) >= 11 is 15.1. The number of carbonyl (C=O) groups excluding carboxylic acids is 2. The van der Waals surface area contributed by atoms with Crippen molar-refractivity contribution in [3.63, 3.8) is 0 Å². The molecule has 1 amide bonds. The van der Waals surface area contributed by atoms with Crippen molar-refractivity contribution in [2.75, 3.05) is 12.0 Å². The van der Waals surface area contributed by atoms with E-state index in [2.05, 4.69) is 10.3 Å². The molecular formula is C22H20Cl2N2O3S2.